The standard InChI is InChI=1S/C13H16O2.C13H10O.H3P/c14-10-11-6-2-3-7-12(11)13(15)8-4-1-5-9-13;14-13(11-7-3-1-4-8-11)12-9-5-2-6-10-12;/h2-3,6-7,10,15H,1,4-5,8-9H2;1-10H;1H3. The minimum atomic E-state index is -0.768. The van der Waals surface area contributed by atoms with Crippen molar-refractivity contribution in [1.29, 1.82) is 0 Å². The Kier molecular flexibility index (Phi) is 9.11. The first kappa shape index (κ1) is 23.7. The third kappa shape index (κ3) is 5.95. The van der Waals surface area contributed by atoms with Gasteiger partial charge in [-0.1, -0.05) is 104 Å². The SMILES string of the molecule is O=C(c1ccccc1)c1ccccc1.O=Cc1ccccc1C1(O)CCCCC1.P. The number of hydrogen-bond acceptors (Lipinski definition) is 3. The van der Waals surface area contributed by atoms with Crippen molar-refractivity contribution in [1.82, 2.24) is 0 Å². The zero-order valence-electron chi connectivity index (χ0n) is 17.2. The topological polar surface area (TPSA) is 54.4 Å². The fourth-order valence-corrected chi connectivity index (χ4v) is 3.78. The molecule has 1 aliphatic rings. The number of hydrogen-bond donors (Lipinski definition) is 1. The van der Waals surface area contributed by atoms with E-state index in [2.05, 4.69) is 0 Å². The van der Waals surface area contributed by atoms with Crippen LogP contribution in [0.3, 0.4) is 0 Å². The van der Waals surface area contributed by atoms with Gasteiger partial charge in [0.25, 0.3) is 0 Å². The maximum absolute atomic E-state index is 11.8. The number of aliphatic hydroxyl groups is 1. The van der Waals surface area contributed by atoms with Gasteiger partial charge in [-0.05, 0) is 18.4 Å². The van der Waals surface area contributed by atoms with Crippen molar-refractivity contribution in [2.75, 3.05) is 0 Å². The predicted molar refractivity (Wildman–Crippen MR) is 126 cm³/mol. The summed E-state index contributed by atoms with van der Waals surface area (Å²) in [6, 6.07) is 26.0. The summed E-state index contributed by atoms with van der Waals surface area (Å²) in [4.78, 5) is 22.7. The van der Waals surface area contributed by atoms with Crippen molar-refractivity contribution in [3.63, 3.8) is 0 Å². The third-order valence-electron chi connectivity index (χ3n) is 5.34. The van der Waals surface area contributed by atoms with Gasteiger partial charge in [0, 0.05) is 16.7 Å². The van der Waals surface area contributed by atoms with Gasteiger partial charge in [-0.25, -0.2) is 0 Å². The van der Waals surface area contributed by atoms with Gasteiger partial charge in [0.15, 0.2) is 5.78 Å². The molecular formula is C26H29O3P. The molecule has 1 unspecified atom stereocenters. The van der Waals surface area contributed by atoms with Gasteiger partial charge in [-0.3, -0.25) is 9.59 Å². The lowest BCUT2D eigenvalue weighted by Crippen LogP contribution is -2.29. The van der Waals surface area contributed by atoms with Crippen LogP contribution in [0.2, 0.25) is 0 Å². The van der Waals surface area contributed by atoms with Gasteiger partial charge in [0.05, 0.1) is 5.60 Å². The molecule has 0 aromatic heterocycles. The molecule has 1 fully saturated rings. The average molecular weight is 420 g/mol. The number of ketones is 1. The summed E-state index contributed by atoms with van der Waals surface area (Å²) < 4.78 is 0. The largest absolute Gasteiger partial charge is 0.385 e. The van der Waals surface area contributed by atoms with Crippen molar-refractivity contribution in [2.45, 2.75) is 37.7 Å². The molecule has 0 aliphatic heterocycles. The molecule has 3 aromatic rings. The van der Waals surface area contributed by atoms with Gasteiger partial charge >= 0.3 is 0 Å². The third-order valence-corrected chi connectivity index (χ3v) is 5.34. The summed E-state index contributed by atoms with van der Waals surface area (Å²) in [5.41, 5.74) is 2.13. The summed E-state index contributed by atoms with van der Waals surface area (Å²) in [6.45, 7) is 0. The molecule has 0 bridgehead atoms. The van der Waals surface area contributed by atoms with E-state index in [-0.39, 0.29) is 15.7 Å². The van der Waals surface area contributed by atoms with Crippen LogP contribution >= 0.6 is 9.90 Å². The Balaban J connectivity index is 0.000000207. The quantitative estimate of drug-likeness (QED) is 0.338. The Bertz CT molecular complexity index is 891. The summed E-state index contributed by atoms with van der Waals surface area (Å²) >= 11 is 0. The molecular weight excluding hydrogens is 391 g/mol. The van der Waals surface area contributed by atoms with E-state index in [0.717, 1.165) is 48.7 Å². The Morgan fingerprint density at radius 1 is 0.733 bits per heavy atom. The fraction of sp³-hybridized carbons (Fsp3) is 0.231. The number of aldehydes is 1. The summed E-state index contributed by atoms with van der Waals surface area (Å²) in [7, 11) is 0. The van der Waals surface area contributed by atoms with Crippen LogP contribution in [0, 0.1) is 0 Å². The van der Waals surface area contributed by atoms with E-state index < -0.39 is 5.60 Å². The van der Waals surface area contributed by atoms with Crippen molar-refractivity contribution in [3.8, 4) is 0 Å². The van der Waals surface area contributed by atoms with E-state index in [1.54, 1.807) is 6.07 Å². The van der Waals surface area contributed by atoms with E-state index in [4.69, 9.17) is 0 Å². The fourth-order valence-electron chi connectivity index (χ4n) is 3.78. The van der Waals surface area contributed by atoms with Crippen LogP contribution in [0.15, 0.2) is 84.9 Å². The second-order valence-electron chi connectivity index (χ2n) is 7.36. The van der Waals surface area contributed by atoms with Crippen LogP contribution < -0.4 is 0 Å². The van der Waals surface area contributed by atoms with Gasteiger partial charge in [-0.15, -0.1) is 0 Å². The molecule has 1 N–H and O–H groups in total. The minimum absolute atomic E-state index is 0. The number of carbonyl (C=O) groups is 2. The lowest BCUT2D eigenvalue weighted by molar-refractivity contribution is -0.00114. The van der Waals surface area contributed by atoms with Crippen molar-refractivity contribution < 1.29 is 14.7 Å². The van der Waals surface area contributed by atoms with E-state index in [1.165, 1.54) is 6.42 Å². The average Bonchev–Trinajstić information content (AvgIpc) is 2.80. The van der Waals surface area contributed by atoms with Crippen molar-refractivity contribution >= 4 is 22.0 Å². The van der Waals surface area contributed by atoms with Crippen LogP contribution in [-0.4, -0.2) is 17.2 Å². The zero-order valence-corrected chi connectivity index (χ0v) is 18.6. The van der Waals surface area contributed by atoms with Crippen LogP contribution in [0.25, 0.3) is 0 Å². The van der Waals surface area contributed by atoms with Crippen LogP contribution in [0.1, 0.15) is 63.9 Å². The van der Waals surface area contributed by atoms with E-state index >= 15 is 0 Å². The van der Waals surface area contributed by atoms with Gasteiger partial charge < -0.3 is 5.11 Å². The Morgan fingerprint density at radius 2 is 1.20 bits per heavy atom. The highest BCUT2D eigenvalue weighted by Crippen LogP contribution is 2.37. The second kappa shape index (κ2) is 11.5. The van der Waals surface area contributed by atoms with Crippen molar-refractivity contribution in [3.05, 3.63) is 107 Å². The highest BCUT2D eigenvalue weighted by Gasteiger charge is 2.32. The monoisotopic (exact) mass is 420 g/mol. The van der Waals surface area contributed by atoms with Gasteiger partial charge in [0.1, 0.15) is 6.29 Å². The predicted octanol–water partition coefficient (Wildman–Crippen LogP) is 5.63. The van der Waals surface area contributed by atoms with Gasteiger partial charge in [0.2, 0.25) is 0 Å². The van der Waals surface area contributed by atoms with E-state index in [9.17, 15) is 14.7 Å². The Labute approximate surface area is 181 Å². The molecule has 3 aromatic carbocycles. The first-order chi connectivity index (χ1) is 14.1. The lowest BCUT2D eigenvalue weighted by atomic mass is 9.78. The van der Waals surface area contributed by atoms with Crippen molar-refractivity contribution in [2.24, 2.45) is 0 Å². The first-order valence-corrected chi connectivity index (χ1v) is 10.1. The molecule has 30 heavy (non-hydrogen) atoms. The molecule has 156 valence electrons. The summed E-state index contributed by atoms with van der Waals surface area (Å²) in [6.07, 6.45) is 5.66. The number of benzene rings is 3. The maximum Gasteiger partial charge on any atom is 0.193 e. The Hall–Kier alpha value is -2.61. The minimum Gasteiger partial charge on any atom is -0.385 e. The number of rotatable bonds is 4. The summed E-state index contributed by atoms with van der Waals surface area (Å²) in [5.74, 6) is 0.0752. The lowest BCUT2D eigenvalue weighted by Gasteiger charge is -2.33. The zero-order chi connectivity index (χ0) is 20.5. The first-order valence-electron chi connectivity index (χ1n) is 10.1. The molecule has 1 aliphatic carbocycles. The van der Waals surface area contributed by atoms with Crippen LogP contribution in [0.5, 0.6) is 0 Å². The molecule has 4 rings (SSSR count). The maximum atomic E-state index is 11.8. The molecule has 0 radical (unpaired) electrons. The molecule has 0 heterocycles. The van der Waals surface area contributed by atoms with E-state index in [1.807, 2.05) is 78.9 Å². The Morgan fingerprint density at radius 3 is 1.70 bits per heavy atom. The highest BCUT2D eigenvalue weighted by atomic mass is 31.0. The molecule has 0 saturated heterocycles. The molecule has 1 atom stereocenters. The normalized spacial score (nSPS) is 14.4. The molecule has 0 amide bonds. The van der Waals surface area contributed by atoms with E-state index in [0.29, 0.717) is 5.56 Å². The molecule has 1 saturated carbocycles. The van der Waals surface area contributed by atoms with Crippen LogP contribution in [-0.2, 0) is 5.60 Å². The van der Waals surface area contributed by atoms with Gasteiger partial charge in [-0.2, -0.15) is 9.90 Å². The molecule has 3 nitrogen and oxygen atoms in total. The molecule has 0 spiro atoms. The summed E-state index contributed by atoms with van der Waals surface area (Å²) in [5, 5.41) is 10.5. The highest BCUT2D eigenvalue weighted by molar-refractivity contribution is 6.92. The second-order valence-corrected chi connectivity index (χ2v) is 7.36. The molecule has 4 heteroatoms. The number of carbonyl (C=O) groups excluding carboxylic acids is 2. The van der Waals surface area contributed by atoms with Crippen LogP contribution in [0.4, 0.5) is 0 Å². The smallest absolute Gasteiger partial charge is 0.193 e.